The van der Waals surface area contributed by atoms with Gasteiger partial charge in [-0.2, -0.15) is 0 Å². The first-order valence-corrected chi connectivity index (χ1v) is 13.6. The Hall–Kier alpha value is -0.960. The van der Waals surface area contributed by atoms with Crippen molar-refractivity contribution in [3.63, 3.8) is 0 Å². The van der Waals surface area contributed by atoms with Crippen LogP contribution >= 0.6 is 0 Å². The topological polar surface area (TPSA) is 59.2 Å². The molecule has 1 aliphatic carbocycles. The smallest absolute Gasteiger partial charge is 0.201 e. The van der Waals surface area contributed by atoms with E-state index in [-0.39, 0.29) is 12.4 Å². The highest BCUT2D eigenvalue weighted by Crippen LogP contribution is 2.62. The highest BCUT2D eigenvalue weighted by molar-refractivity contribution is 5.20. The first-order valence-electron chi connectivity index (χ1n) is 13.6. The van der Waals surface area contributed by atoms with Crippen LogP contribution in [0.4, 0.5) is 0 Å². The number of nitrogens with one attached hydrogen (secondary N) is 1. The van der Waals surface area contributed by atoms with E-state index in [1.807, 2.05) is 6.92 Å². The SMILES string of the molecule is CC(C)N1CCN(Cc2ccc([C@@H]3O[C@@H]4O[C@]5(C)CC[C@H]6[C@H](C)CC[C@@H]([C@H]3C)[C@@]46OO5)[nH]2)CC1. The standard InChI is InChI=1S/C27H43N3O4/c1-17(2)30-14-12-29(13-15-30)16-20-7-9-23(28-20)24-19(4)22-8-6-18(3)21-10-11-26(5)32-25(31-24)27(21,22)34-33-26/h7,9,17-19,21-22,24-25,28H,6,8,10-16H2,1-5H3/t18-,19-,21+,22+,24-,25-,26+,27-/m1/s1. The number of nitrogens with zero attached hydrogens (tertiary/aromatic N) is 2. The summed E-state index contributed by atoms with van der Waals surface area (Å²) in [6.45, 7) is 16.8. The average Bonchev–Trinajstić information content (AvgIpc) is 3.15. The van der Waals surface area contributed by atoms with Crippen molar-refractivity contribution in [3.8, 4) is 0 Å². The van der Waals surface area contributed by atoms with Gasteiger partial charge < -0.3 is 14.5 Å². The molecule has 7 rings (SSSR count). The summed E-state index contributed by atoms with van der Waals surface area (Å²) in [6.07, 6.45) is 3.89. The largest absolute Gasteiger partial charge is 0.359 e. The molecule has 5 saturated heterocycles. The zero-order chi connectivity index (χ0) is 23.7. The van der Waals surface area contributed by atoms with E-state index in [0.29, 0.717) is 29.7 Å². The monoisotopic (exact) mass is 473 g/mol. The minimum Gasteiger partial charge on any atom is -0.359 e. The lowest BCUT2D eigenvalue weighted by Gasteiger charge is -2.60. The van der Waals surface area contributed by atoms with Crippen LogP contribution in [0.25, 0.3) is 0 Å². The van der Waals surface area contributed by atoms with Gasteiger partial charge in [-0.3, -0.25) is 9.80 Å². The molecule has 2 bridgehead atoms. The Kier molecular flexibility index (Phi) is 5.90. The van der Waals surface area contributed by atoms with Crippen LogP contribution in [-0.2, 0) is 25.8 Å². The minimum atomic E-state index is -0.721. The first kappa shape index (κ1) is 23.4. The molecule has 0 aromatic carbocycles. The number of hydrogen-bond donors (Lipinski definition) is 1. The molecule has 0 unspecified atom stereocenters. The predicted molar refractivity (Wildman–Crippen MR) is 129 cm³/mol. The number of fused-ring (bicyclic) bond motifs is 2. The van der Waals surface area contributed by atoms with E-state index >= 15 is 0 Å². The van der Waals surface area contributed by atoms with E-state index in [0.717, 1.165) is 52.0 Å². The van der Waals surface area contributed by atoms with Gasteiger partial charge in [0.15, 0.2) is 11.9 Å². The van der Waals surface area contributed by atoms with Crippen molar-refractivity contribution in [1.29, 1.82) is 0 Å². The molecule has 1 saturated carbocycles. The van der Waals surface area contributed by atoms with Gasteiger partial charge in [-0.15, -0.1) is 0 Å². The van der Waals surface area contributed by atoms with E-state index in [1.165, 1.54) is 17.8 Å². The Morgan fingerprint density at radius 2 is 1.82 bits per heavy atom. The normalized spacial score (nSPS) is 45.4. The number of piperazine rings is 1. The molecular formula is C27H43N3O4. The fourth-order valence-electron chi connectivity index (χ4n) is 7.66. The van der Waals surface area contributed by atoms with Crippen molar-refractivity contribution in [3.05, 3.63) is 23.5 Å². The number of aromatic nitrogens is 1. The van der Waals surface area contributed by atoms with Crippen LogP contribution in [0, 0.1) is 23.7 Å². The molecule has 0 amide bonds. The summed E-state index contributed by atoms with van der Waals surface area (Å²) in [7, 11) is 0. The van der Waals surface area contributed by atoms with Crippen LogP contribution in [0.5, 0.6) is 0 Å². The van der Waals surface area contributed by atoms with E-state index in [2.05, 4.69) is 54.6 Å². The highest BCUT2D eigenvalue weighted by Gasteiger charge is 2.69. The number of rotatable bonds is 4. The Bertz CT molecular complexity index is 883. The molecule has 34 heavy (non-hydrogen) atoms. The third kappa shape index (κ3) is 3.70. The quantitative estimate of drug-likeness (QED) is 0.652. The summed E-state index contributed by atoms with van der Waals surface area (Å²) in [6, 6.07) is 5.11. The lowest BCUT2D eigenvalue weighted by atomic mass is 9.57. The van der Waals surface area contributed by atoms with Crippen molar-refractivity contribution >= 4 is 0 Å². The zero-order valence-electron chi connectivity index (χ0n) is 21.6. The molecule has 7 nitrogen and oxygen atoms in total. The van der Waals surface area contributed by atoms with Crippen LogP contribution in [0.1, 0.15) is 77.8 Å². The molecule has 5 aliphatic heterocycles. The summed E-state index contributed by atoms with van der Waals surface area (Å²) in [5.74, 6) is 0.958. The lowest BCUT2D eigenvalue weighted by Crippen LogP contribution is -2.69. The maximum Gasteiger partial charge on any atom is 0.201 e. The summed E-state index contributed by atoms with van der Waals surface area (Å²) >= 11 is 0. The van der Waals surface area contributed by atoms with Gasteiger partial charge in [0, 0.05) is 62.5 Å². The molecule has 7 heteroatoms. The summed E-state index contributed by atoms with van der Waals surface area (Å²) < 4.78 is 13.3. The molecule has 8 atom stereocenters. The van der Waals surface area contributed by atoms with Crippen LogP contribution in [-0.4, -0.2) is 64.7 Å². The van der Waals surface area contributed by atoms with Crippen LogP contribution in [0.2, 0.25) is 0 Å². The minimum absolute atomic E-state index is 0.0206. The first-order chi connectivity index (χ1) is 16.3. The van der Waals surface area contributed by atoms with E-state index in [4.69, 9.17) is 19.2 Å². The molecule has 6 heterocycles. The van der Waals surface area contributed by atoms with Gasteiger partial charge in [0.25, 0.3) is 0 Å². The average molecular weight is 474 g/mol. The Morgan fingerprint density at radius 3 is 2.59 bits per heavy atom. The van der Waals surface area contributed by atoms with Crippen molar-refractivity contribution < 1.29 is 19.2 Å². The zero-order valence-corrected chi connectivity index (χ0v) is 21.6. The molecule has 6 aliphatic rings. The van der Waals surface area contributed by atoms with Gasteiger partial charge in [-0.05, 0) is 69.9 Å². The summed E-state index contributed by atoms with van der Waals surface area (Å²) in [5.41, 5.74) is 1.95. The molecule has 6 fully saturated rings. The number of aromatic amines is 1. The van der Waals surface area contributed by atoms with Crippen molar-refractivity contribution in [1.82, 2.24) is 14.8 Å². The van der Waals surface area contributed by atoms with Crippen molar-refractivity contribution in [2.75, 3.05) is 26.2 Å². The fraction of sp³-hybridized carbons (Fsp3) is 0.852. The van der Waals surface area contributed by atoms with Gasteiger partial charge in [0.05, 0.1) is 0 Å². The van der Waals surface area contributed by atoms with Gasteiger partial charge in [0.2, 0.25) is 5.79 Å². The van der Waals surface area contributed by atoms with Gasteiger partial charge in [-0.25, -0.2) is 9.78 Å². The molecule has 1 spiro atoms. The number of H-pyrrole nitrogens is 1. The molecule has 1 aromatic heterocycles. The van der Waals surface area contributed by atoms with Crippen molar-refractivity contribution in [2.24, 2.45) is 23.7 Å². The Morgan fingerprint density at radius 1 is 1.03 bits per heavy atom. The summed E-state index contributed by atoms with van der Waals surface area (Å²) in [4.78, 5) is 21.1. The van der Waals surface area contributed by atoms with Crippen molar-refractivity contribution in [2.45, 2.75) is 96.7 Å². The second kappa shape index (κ2) is 8.56. The third-order valence-corrected chi connectivity index (χ3v) is 9.76. The molecule has 1 N–H and O–H groups in total. The molecule has 0 radical (unpaired) electrons. The number of ether oxygens (including phenoxy) is 2. The van der Waals surface area contributed by atoms with Crippen LogP contribution in [0.3, 0.4) is 0 Å². The Labute approximate surface area is 204 Å². The van der Waals surface area contributed by atoms with Gasteiger partial charge >= 0.3 is 0 Å². The second-order valence-corrected chi connectivity index (χ2v) is 12.2. The molecule has 190 valence electrons. The third-order valence-electron chi connectivity index (χ3n) is 9.76. The van der Waals surface area contributed by atoms with Crippen LogP contribution < -0.4 is 0 Å². The van der Waals surface area contributed by atoms with Gasteiger partial charge in [-0.1, -0.05) is 13.8 Å². The molecular weight excluding hydrogens is 430 g/mol. The summed E-state index contributed by atoms with van der Waals surface area (Å²) in [5, 5.41) is 0. The molecule has 1 aromatic rings. The Balaban J connectivity index is 1.21. The fourth-order valence-corrected chi connectivity index (χ4v) is 7.66. The number of hydrogen-bond acceptors (Lipinski definition) is 6. The van der Waals surface area contributed by atoms with E-state index in [9.17, 15) is 0 Å². The highest BCUT2D eigenvalue weighted by atomic mass is 17.3. The van der Waals surface area contributed by atoms with E-state index < -0.39 is 11.4 Å². The lowest BCUT2D eigenvalue weighted by molar-refractivity contribution is -0.571. The maximum atomic E-state index is 6.81. The predicted octanol–water partition coefficient (Wildman–Crippen LogP) is 4.46. The van der Waals surface area contributed by atoms with Gasteiger partial charge in [0.1, 0.15) is 6.10 Å². The van der Waals surface area contributed by atoms with E-state index in [1.54, 1.807) is 0 Å². The second-order valence-electron chi connectivity index (χ2n) is 12.2. The van der Waals surface area contributed by atoms with Crippen LogP contribution in [0.15, 0.2) is 12.1 Å². The maximum absolute atomic E-state index is 6.81.